The molecule has 22 heavy (non-hydrogen) atoms. The average Bonchev–Trinajstić information content (AvgIpc) is 2.47. The van der Waals surface area contributed by atoms with Crippen LogP contribution < -0.4 is 4.74 Å². The van der Waals surface area contributed by atoms with E-state index in [-0.39, 0.29) is 5.41 Å². The van der Waals surface area contributed by atoms with Crippen molar-refractivity contribution in [1.82, 2.24) is 0 Å². The number of ether oxygens (including phenoxy) is 1. The summed E-state index contributed by atoms with van der Waals surface area (Å²) in [5, 5.41) is 0.713. The fourth-order valence-corrected chi connectivity index (χ4v) is 3.82. The van der Waals surface area contributed by atoms with E-state index < -0.39 is 0 Å². The van der Waals surface area contributed by atoms with Gasteiger partial charge in [-0.1, -0.05) is 70.9 Å². The molecule has 0 fully saturated rings. The third-order valence-corrected chi connectivity index (χ3v) is 5.08. The monoisotopic (exact) mass is 324 g/mol. The molecule has 2 heteroatoms. The van der Waals surface area contributed by atoms with Crippen molar-refractivity contribution in [2.45, 2.75) is 84.5 Å². The summed E-state index contributed by atoms with van der Waals surface area (Å²) in [5.74, 6) is 0.801. The molecule has 1 atom stereocenters. The van der Waals surface area contributed by atoms with Crippen LogP contribution in [0, 0.1) is 6.92 Å². The Bertz CT molecular complexity index is 455. The highest BCUT2D eigenvalue weighted by molar-refractivity contribution is 6.32. The van der Waals surface area contributed by atoms with Crippen molar-refractivity contribution < 1.29 is 4.74 Å². The number of methoxy groups -OCH3 is 1. The Balaban J connectivity index is 2.93. The van der Waals surface area contributed by atoms with Gasteiger partial charge < -0.3 is 4.74 Å². The van der Waals surface area contributed by atoms with E-state index in [0.29, 0.717) is 5.02 Å². The largest absolute Gasteiger partial charge is 0.495 e. The lowest BCUT2D eigenvalue weighted by Crippen LogP contribution is -2.23. The SMILES string of the molecule is CCCCCCCC(C)(CCC)c1cc(OC)c(Cl)cc1C. The van der Waals surface area contributed by atoms with Crippen molar-refractivity contribution in [3.05, 3.63) is 28.3 Å². The van der Waals surface area contributed by atoms with Crippen molar-refractivity contribution in [3.63, 3.8) is 0 Å². The van der Waals surface area contributed by atoms with Crippen LogP contribution in [0.5, 0.6) is 5.75 Å². The topological polar surface area (TPSA) is 9.23 Å². The summed E-state index contributed by atoms with van der Waals surface area (Å²) in [7, 11) is 1.70. The van der Waals surface area contributed by atoms with Gasteiger partial charge in [0.2, 0.25) is 0 Å². The molecule has 1 aromatic rings. The highest BCUT2D eigenvalue weighted by Crippen LogP contribution is 2.40. The average molecular weight is 325 g/mol. The summed E-state index contributed by atoms with van der Waals surface area (Å²) in [6.45, 7) is 9.13. The zero-order valence-electron chi connectivity index (χ0n) is 15.1. The van der Waals surface area contributed by atoms with E-state index in [1.54, 1.807) is 7.11 Å². The summed E-state index contributed by atoms with van der Waals surface area (Å²) in [6.07, 6.45) is 10.3. The van der Waals surface area contributed by atoms with Crippen LogP contribution in [0.3, 0.4) is 0 Å². The summed E-state index contributed by atoms with van der Waals surface area (Å²) < 4.78 is 5.44. The molecule has 1 aromatic carbocycles. The van der Waals surface area contributed by atoms with E-state index in [4.69, 9.17) is 16.3 Å². The summed E-state index contributed by atoms with van der Waals surface area (Å²) in [5.41, 5.74) is 2.92. The molecule has 0 aromatic heterocycles. The van der Waals surface area contributed by atoms with E-state index >= 15 is 0 Å². The van der Waals surface area contributed by atoms with Crippen LogP contribution in [0.2, 0.25) is 5.02 Å². The molecular weight excluding hydrogens is 292 g/mol. The lowest BCUT2D eigenvalue weighted by Gasteiger charge is -2.32. The number of unbranched alkanes of at least 4 members (excludes halogenated alkanes) is 4. The van der Waals surface area contributed by atoms with E-state index in [9.17, 15) is 0 Å². The second kappa shape index (κ2) is 9.45. The first-order valence-corrected chi connectivity index (χ1v) is 9.21. The Hall–Kier alpha value is -0.690. The molecule has 0 spiro atoms. The Morgan fingerprint density at radius 3 is 2.27 bits per heavy atom. The molecule has 0 aliphatic rings. The third kappa shape index (κ3) is 5.19. The lowest BCUT2D eigenvalue weighted by molar-refractivity contribution is 0.369. The smallest absolute Gasteiger partial charge is 0.137 e. The molecular formula is C20H33ClO. The predicted molar refractivity (Wildman–Crippen MR) is 98.4 cm³/mol. The van der Waals surface area contributed by atoms with Crippen LogP contribution in [0.4, 0.5) is 0 Å². The van der Waals surface area contributed by atoms with Gasteiger partial charge in [-0.15, -0.1) is 0 Å². The zero-order chi connectivity index (χ0) is 16.6. The molecule has 126 valence electrons. The van der Waals surface area contributed by atoms with E-state index in [2.05, 4.69) is 39.8 Å². The number of halogens is 1. The van der Waals surface area contributed by atoms with Crippen molar-refractivity contribution in [2.24, 2.45) is 0 Å². The van der Waals surface area contributed by atoms with Gasteiger partial charge in [0.05, 0.1) is 12.1 Å². The fourth-order valence-electron chi connectivity index (χ4n) is 3.52. The van der Waals surface area contributed by atoms with E-state index in [1.165, 1.54) is 62.5 Å². The molecule has 1 unspecified atom stereocenters. The Labute approximate surface area is 142 Å². The molecule has 0 bridgehead atoms. The molecule has 0 N–H and O–H groups in total. The zero-order valence-corrected chi connectivity index (χ0v) is 15.9. The Morgan fingerprint density at radius 2 is 1.68 bits per heavy atom. The van der Waals surface area contributed by atoms with Gasteiger partial charge in [0.25, 0.3) is 0 Å². The lowest BCUT2D eigenvalue weighted by atomic mass is 9.73. The molecule has 0 aliphatic heterocycles. The first-order valence-electron chi connectivity index (χ1n) is 8.83. The summed E-state index contributed by atoms with van der Waals surface area (Å²) in [6, 6.07) is 4.22. The van der Waals surface area contributed by atoms with Gasteiger partial charge in [-0.05, 0) is 48.4 Å². The minimum absolute atomic E-state index is 0.225. The molecule has 1 rings (SSSR count). The normalized spacial score (nSPS) is 13.9. The van der Waals surface area contributed by atoms with Crippen LogP contribution in [0.1, 0.15) is 83.3 Å². The van der Waals surface area contributed by atoms with Crippen molar-refractivity contribution >= 4 is 11.6 Å². The minimum Gasteiger partial charge on any atom is -0.495 e. The number of hydrogen-bond donors (Lipinski definition) is 0. The van der Waals surface area contributed by atoms with Gasteiger partial charge in [-0.25, -0.2) is 0 Å². The molecule has 0 amide bonds. The third-order valence-electron chi connectivity index (χ3n) is 4.78. The van der Waals surface area contributed by atoms with E-state index in [1.807, 2.05) is 0 Å². The second-order valence-electron chi connectivity index (χ2n) is 6.78. The highest BCUT2D eigenvalue weighted by Gasteiger charge is 2.28. The Kier molecular flexibility index (Phi) is 8.31. The summed E-state index contributed by atoms with van der Waals surface area (Å²) in [4.78, 5) is 0. The second-order valence-corrected chi connectivity index (χ2v) is 7.18. The minimum atomic E-state index is 0.225. The van der Waals surface area contributed by atoms with Crippen LogP contribution >= 0.6 is 11.6 Å². The standard InChI is InChI=1S/C20H33ClO/c1-6-8-9-10-11-13-20(4,12-7-2)17-15-19(22-5)18(21)14-16(17)3/h14-15H,6-13H2,1-5H3. The van der Waals surface area contributed by atoms with Crippen molar-refractivity contribution in [1.29, 1.82) is 0 Å². The fraction of sp³-hybridized carbons (Fsp3) is 0.700. The number of rotatable bonds is 10. The molecule has 0 radical (unpaired) electrons. The van der Waals surface area contributed by atoms with Crippen LogP contribution in [-0.2, 0) is 5.41 Å². The van der Waals surface area contributed by atoms with Crippen LogP contribution in [0.15, 0.2) is 12.1 Å². The molecule has 0 saturated carbocycles. The maximum absolute atomic E-state index is 6.27. The van der Waals surface area contributed by atoms with Gasteiger partial charge in [0, 0.05) is 0 Å². The number of hydrogen-bond acceptors (Lipinski definition) is 1. The molecule has 0 saturated heterocycles. The first kappa shape index (κ1) is 19.4. The predicted octanol–water partition coefficient (Wildman–Crippen LogP) is 7.08. The highest BCUT2D eigenvalue weighted by atomic mass is 35.5. The van der Waals surface area contributed by atoms with Gasteiger partial charge in [-0.2, -0.15) is 0 Å². The summed E-state index contributed by atoms with van der Waals surface area (Å²) >= 11 is 6.27. The number of benzene rings is 1. The van der Waals surface area contributed by atoms with Crippen LogP contribution in [0.25, 0.3) is 0 Å². The van der Waals surface area contributed by atoms with Crippen molar-refractivity contribution in [3.8, 4) is 5.75 Å². The van der Waals surface area contributed by atoms with Gasteiger partial charge >= 0.3 is 0 Å². The first-order chi connectivity index (χ1) is 10.5. The maximum atomic E-state index is 6.27. The molecule has 0 heterocycles. The molecule has 1 nitrogen and oxygen atoms in total. The van der Waals surface area contributed by atoms with Gasteiger partial charge in [0.15, 0.2) is 0 Å². The van der Waals surface area contributed by atoms with Gasteiger partial charge in [0.1, 0.15) is 5.75 Å². The van der Waals surface area contributed by atoms with Gasteiger partial charge in [-0.3, -0.25) is 0 Å². The maximum Gasteiger partial charge on any atom is 0.137 e. The number of aryl methyl sites for hydroxylation is 1. The van der Waals surface area contributed by atoms with Crippen molar-refractivity contribution in [2.75, 3.05) is 7.11 Å². The quantitative estimate of drug-likeness (QED) is 0.418. The molecule has 0 aliphatic carbocycles. The van der Waals surface area contributed by atoms with E-state index in [0.717, 1.165) is 5.75 Å². The Morgan fingerprint density at radius 1 is 1.00 bits per heavy atom. The van der Waals surface area contributed by atoms with Crippen LogP contribution in [-0.4, -0.2) is 7.11 Å².